The van der Waals surface area contributed by atoms with E-state index in [9.17, 15) is 8.42 Å². The normalized spacial score (nSPS) is 11.5. The van der Waals surface area contributed by atoms with Gasteiger partial charge in [-0.15, -0.1) is 12.4 Å². The van der Waals surface area contributed by atoms with Gasteiger partial charge in [-0.1, -0.05) is 0 Å². The molecule has 0 unspecified atom stereocenters. The Balaban J connectivity index is 0. The predicted octanol–water partition coefficient (Wildman–Crippen LogP) is 0.846. The van der Waals surface area contributed by atoms with Gasteiger partial charge in [0.1, 0.15) is 0 Å². The molecule has 0 spiro atoms. The number of nitriles is 1. The van der Waals surface area contributed by atoms with Gasteiger partial charge < -0.3 is 0 Å². The van der Waals surface area contributed by atoms with E-state index in [1.165, 1.54) is 13.8 Å². The molecule has 0 atom stereocenters. The Bertz CT molecular complexity index is 251. The zero-order chi connectivity index (χ0) is 8.41. The first-order valence-electron chi connectivity index (χ1n) is 2.63. The number of rotatable bonds is 2. The fourth-order valence-electron chi connectivity index (χ4n) is 0.488. The van der Waals surface area contributed by atoms with Crippen LogP contribution in [0.4, 0.5) is 0 Å². The molecule has 6 heteroatoms. The first-order valence-corrected chi connectivity index (χ1v) is 4.24. The Morgan fingerprint density at radius 3 is 2.00 bits per heavy atom. The summed E-state index contributed by atoms with van der Waals surface area (Å²) >= 11 is 0. The van der Waals surface area contributed by atoms with Crippen molar-refractivity contribution in [3.05, 3.63) is 0 Å². The van der Waals surface area contributed by atoms with Gasteiger partial charge in [0.15, 0.2) is 0 Å². The molecule has 0 aliphatic rings. The van der Waals surface area contributed by atoms with E-state index < -0.39 is 21.3 Å². The summed E-state index contributed by atoms with van der Waals surface area (Å²) in [7, 11) is -4.02. The van der Waals surface area contributed by atoms with Gasteiger partial charge in [0.05, 0.1) is 17.2 Å². The monoisotopic (exact) mass is 199 g/mol. The molecule has 11 heavy (non-hydrogen) atoms. The Hall–Kier alpha value is -0.310. The van der Waals surface area contributed by atoms with E-state index in [1.54, 1.807) is 6.07 Å². The summed E-state index contributed by atoms with van der Waals surface area (Å²) in [6.45, 7) is 2.89. The van der Waals surface area contributed by atoms with Crippen molar-refractivity contribution in [1.82, 2.24) is 0 Å². The molecule has 0 amide bonds. The minimum absolute atomic E-state index is 0. The lowest BCUT2D eigenvalue weighted by Crippen LogP contribution is -2.21. The van der Waals surface area contributed by atoms with E-state index in [1.807, 2.05) is 0 Å². The first-order chi connectivity index (χ1) is 4.27. The van der Waals surface area contributed by atoms with E-state index in [2.05, 4.69) is 0 Å². The Labute approximate surface area is 72.4 Å². The molecule has 66 valence electrons. The van der Waals surface area contributed by atoms with Crippen molar-refractivity contribution in [2.75, 3.05) is 5.75 Å². The zero-order valence-electron chi connectivity index (χ0n) is 6.23. The standard InChI is InChI=1S/C5H9NO3S.ClH/c1-5(2,3-6)4-10(7,8)9;/h4H2,1-2H3,(H,7,8,9);1H. The van der Waals surface area contributed by atoms with E-state index in [0.29, 0.717) is 0 Å². The predicted molar refractivity (Wildman–Crippen MR) is 43.1 cm³/mol. The molecule has 1 N–H and O–H groups in total. The lowest BCUT2D eigenvalue weighted by Gasteiger charge is -2.10. The third-order valence-electron chi connectivity index (χ3n) is 0.846. The number of hydrogen-bond acceptors (Lipinski definition) is 3. The summed E-state index contributed by atoms with van der Waals surface area (Å²) in [6, 6.07) is 1.76. The molecule has 0 aliphatic heterocycles. The van der Waals surface area contributed by atoms with Gasteiger partial charge in [0, 0.05) is 0 Å². The van der Waals surface area contributed by atoms with Crippen molar-refractivity contribution in [2.24, 2.45) is 5.41 Å². The van der Waals surface area contributed by atoms with Crippen LogP contribution < -0.4 is 0 Å². The molecule has 0 rings (SSSR count). The molecule has 0 heterocycles. The van der Waals surface area contributed by atoms with Crippen LogP contribution in [0.5, 0.6) is 0 Å². The molecule has 0 saturated heterocycles. The highest BCUT2D eigenvalue weighted by atomic mass is 35.5. The van der Waals surface area contributed by atoms with Crippen molar-refractivity contribution >= 4 is 22.5 Å². The Kier molecular flexibility index (Phi) is 4.72. The average molecular weight is 200 g/mol. The molecule has 0 bridgehead atoms. The van der Waals surface area contributed by atoms with Crippen LogP contribution in [0.2, 0.25) is 0 Å². The number of hydrogen-bond donors (Lipinski definition) is 1. The van der Waals surface area contributed by atoms with Crippen molar-refractivity contribution < 1.29 is 13.0 Å². The van der Waals surface area contributed by atoms with Gasteiger partial charge in [-0.2, -0.15) is 13.7 Å². The summed E-state index contributed by atoms with van der Waals surface area (Å²) in [5.74, 6) is -0.517. The lowest BCUT2D eigenvalue weighted by molar-refractivity contribution is 0.454. The molecule has 0 saturated carbocycles. The van der Waals surface area contributed by atoms with Crippen LogP contribution in [0.1, 0.15) is 13.8 Å². The van der Waals surface area contributed by atoms with E-state index in [0.717, 1.165) is 0 Å². The molecular formula is C5H10ClNO3S. The summed E-state index contributed by atoms with van der Waals surface area (Å²) in [5, 5.41) is 8.33. The van der Waals surface area contributed by atoms with Gasteiger partial charge in [-0.25, -0.2) is 0 Å². The maximum atomic E-state index is 10.2. The molecule has 0 radical (unpaired) electrons. The van der Waals surface area contributed by atoms with Crippen LogP contribution in [-0.4, -0.2) is 18.7 Å². The van der Waals surface area contributed by atoms with Gasteiger partial charge in [0.25, 0.3) is 10.1 Å². The largest absolute Gasteiger partial charge is 0.285 e. The third-order valence-corrected chi connectivity index (χ3v) is 1.93. The van der Waals surface area contributed by atoms with Crippen LogP contribution in [0.3, 0.4) is 0 Å². The highest BCUT2D eigenvalue weighted by Crippen LogP contribution is 2.14. The maximum Gasteiger partial charge on any atom is 0.266 e. The second-order valence-corrected chi connectivity index (χ2v) is 4.17. The van der Waals surface area contributed by atoms with Crippen LogP contribution in [-0.2, 0) is 10.1 Å². The lowest BCUT2D eigenvalue weighted by atomic mass is 10.00. The summed E-state index contributed by atoms with van der Waals surface area (Å²) < 4.78 is 28.7. The van der Waals surface area contributed by atoms with Crippen LogP contribution in [0, 0.1) is 16.7 Å². The SMILES string of the molecule is CC(C)(C#N)CS(=O)(=O)O.Cl. The molecular weight excluding hydrogens is 190 g/mol. The minimum atomic E-state index is -4.02. The smallest absolute Gasteiger partial charge is 0.266 e. The quantitative estimate of drug-likeness (QED) is 0.669. The third kappa shape index (κ3) is 7.59. The molecule has 4 nitrogen and oxygen atoms in total. The highest BCUT2D eigenvalue weighted by Gasteiger charge is 2.23. The zero-order valence-corrected chi connectivity index (χ0v) is 7.87. The molecule has 0 aliphatic carbocycles. The fraction of sp³-hybridized carbons (Fsp3) is 0.800. The van der Waals surface area contributed by atoms with Gasteiger partial charge >= 0.3 is 0 Å². The Morgan fingerprint density at radius 2 is 1.91 bits per heavy atom. The fourth-order valence-corrected chi connectivity index (χ4v) is 1.46. The van der Waals surface area contributed by atoms with E-state index >= 15 is 0 Å². The minimum Gasteiger partial charge on any atom is -0.285 e. The summed E-state index contributed by atoms with van der Waals surface area (Å²) in [6.07, 6.45) is 0. The average Bonchev–Trinajstić information content (AvgIpc) is 1.60. The van der Waals surface area contributed by atoms with Crippen LogP contribution in [0.25, 0.3) is 0 Å². The second-order valence-electron chi connectivity index (χ2n) is 2.72. The maximum absolute atomic E-state index is 10.2. The molecule has 0 aromatic carbocycles. The van der Waals surface area contributed by atoms with Crippen molar-refractivity contribution in [1.29, 1.82) is 5.26 Å². The number of halogens is 1. The van der Waals surface area contributed by atoms with E-state index in [-0.39, 0.29) is 12.4 Å². The molecule has 0 aromatic heterocycles. The van der Waals surface area contributed by atoms with Crippen LogP contribution >= 0.6 is 12.4 Å². The van der Waals surface area contributed by atoms with Gasteiger partial charge in [0.2, 0.25) is 0 Å². The summed E-state index contributed by atoms with van der Waals surface area (Å²) in [5.41, 5.74) is -1.01. The van der Waals surface area contributed by atoms with Crippen LogP contribution in [0.15, 0.2) is 0 Å². The first kappa shape index (κ1) is 13.3. The van der Waals surface area contributed by atoms with Gasteiger partial charge in [-0.3, -0.25) is 4.55 Å². The Morgan fingerprint density at radius 1 is 1.55 bits per heavy atom. The number of nitrogens with zero attached hydrogens (tertiary/aromatic N) is 1. The van der Waals surface area contributed by atoms with Crippen molar-refractivity contribution in [3.8, 4) is 6.07 Å². The van der Waals surface area contributed by atoms with Crippen molar-refractivity contribution in [2.45, 2.75) is 13.8 Å². The highest BCUT2D eigenvalue weighted by molar-refractivity contribution is 7.85. The molecule has 0 aromatic rings. The van der Waals surface area contributed by atoms with E-state index in [4.69, 9.17) is 9.81 Å². The second kappa shape index (κ2) is 3.90. The van der Waals surface area contributed by atoms with Crippen molar-refractivity contribution in [3.63, 3.8) is 0 Å². The molecule has 0 fully saturated rings. The topological polar surface area (TPSA) is 78.2 Å². The van der Waals surface area contributed by atoms with Gasteiger partial charge in [-0.05, 0) is 13.8 Å². The summed E-state index contributed by atoms with van der Waals surface area (Å²) in [4.78, 5) is 0.